The number of amides is 1. The number of nitrogens with one attached hydrogen (secondary N) is 1. The first-order valence-corrected chi connectivity index (χ1v) is 6.51. The summed E-state index contributed by atoms with van der Waals surface area (Å²) in [5, 5.41) is 1.51. The van der Waals surface area contributed by atoms with Crippen LogP contribution >= 0.6 is 0 Å². The van der Waals surface area contributed by atoms with Gasteiger partial charge in [0.1, 0.15) is 0 Å². The van der Waals surface area contributed by atoms with E-state index in [1.807, 2.05) is 6.92 Å². The van der Waals surface area contributed by atoms with Gasteiger partial charge in [-0.3, -0.25) is 4.79 Å². The number of hydrogen-bond donors (Lipinski definition) is 1. The Bertz CT molecular complexity index is 341. The lowest BCUT2D eigenvalue weighted by Crippen LogP contribution is -2.60. The van der Waals surface area contributed by atoms with Crippen molar-refractivity contribution < 1.29 is 35.5 Å². The van der Waals surface area contributed by atoms with Gasteiger partial charge in [0, 0.05) is 6.04 Å². The van der Waals surface area contributed by atoms with Crippen LogP contribution in [0.2, 0.25) is 0 Å². The van der Waals surface area contributed by atoms with Gasteiger partial charge in [0.05, 0.1) is 0 Å². The summed E-state index contributed by atoms with van der Waals surface area (Å²) in [5.74, 6) is -14.9. The number of carbonyl (C=O) groups is 1. The zero-order valence-corrected chi connectivity index (χ0v) is 11.7. The van der Waals surface area contributed by atoms with Gasteiger partial charge < -0.3 is 5.32 Å². The topological polar surface area (TPSA) is 29.1 Å². The van der Waals surface area contributed by atoms with E-state index in [0.29, 0.717) is 6.42 Å². The molecule has 0 fully saturated rings. The Morgan fingerprint density at radius 2 is 1.52 bits per heavy atom. The molecule has 1 N–H and O–H groups in total. The maximum atomic E-state index is 13.0. The molecule has 1 amide bonds. The van der Waals surface area contributed by atoms with Crippen LogP contribution in [0.3, 0.4) is 0 Å². The third kappa shape index (κ3) is 5.03. The predicted octanol–water partition coefficient (Wildman–Crippen LogP) is 4.29. The van der Waals surface area contributed by atoms with E-state index in [0.717, 1.165) is 19.3 Å². The Hall–Kier alpha value is -1.02. The van der Waals surface area contributed by atoms with Crippen LogP contribution in [0, 0.1) is 0 Å². The monoisotopic (exact) mass is 325 g/mol. The van der Waals surface area contributed by atoms with Gasteiger partial charge in [-0.15, -0.1) is 0 Å². The van der Waals surface area contributed by atoms with Crippen molar-refractivity contribution in [3.05, 3.63) is 0 Å². The van der Waals surface area contributed by atoms with Gasteiger partial charge in [-0.05, 0) is 13.3 Å². The molecule has 1 unspecified atom stereocenters. The molecule has 0 aliphatic heterocycles. The molecular formula is C12H18F7NO. The molecule has 0 spiro atoms. The highest BCUT2D eigenvalue weighted by Gasteiger charge is 2.76. The quantitative estimate of drug-likeness (QED) is 0.523. The second-order valence-corrected chi connectivity index (χ2v) is 4.87. The summed E-state index contributed by atoms with van der Waals surface area (Å²) in [6, 6.07) is -0.913. The Balaban J connectivity index is 4.63. The van der Waals surface area contributed by atoms with Gasteiger partial charge in [-0.2, -0.15) is 30.7 Å². The van der Waals surface area contributed by atoms with Crippen LogP contribution in [0.4, 0.5) is 30.7 Å². The highest BCUT2D eigenvalue weighted by Crippen LogP contribution is 2.46. The second kappa shape index (κ2) is 7.31. The van der Waals surface area contributed by atoms with Crippen LogP contribution in [0.1, 0.15) is 46.0 Å². The average molecular weight is 325 g/mol. The summed E-state index contributed by atoms with van der Waals surface area (Å²) in [7, 11) is 0. The number of hydrogen-bond acceptors (Lipinski definition) is 1. The molecule has 2 nitrogen and oxygen atoms in total. The Morgan fingerprint density at radius 3 is 1.95 bits per heavy atom. The van der Waals surface area contributed by atoms with Crippen LogP contribution in [0.25, 0.3) is 0 Å². The molecule has 0 aliphatic rings. The summed E-state index contributed by atoms with van der Waals surface area (Å²) < 4.78 is 87.0. The number of halogens is 7. The van der Waals surface area contributed by atoms with E-state index in [-0.39, 0.29) is 6.42 Å². The minimum absolute atomic E-state index is 0.222. The number of carbonyl (C=O) groups excluding carboxylic acids is 1. The Morgan fingerprint density at radius 1 is 1.00 bits per heavy atom. The minimum atomic E-state index is -6.50. The number of alkyl halides is 7. The number of rotatable bonds is 8. The number of unbranched alkanes of at least 4 members (excludes halogenated alkanes) is 3. The van der Waals surface area contributed by atoms with E-state index in [4.69, 9.17) is 0 Å². The molecule has 0 saturated carbocycles. The first-order chi connectivity index (χ1) is 9.38. The maximum absolute atomic E-state index is 13.0. The van der Waals surface area contributed by atoms with Crippen molar-refractivity contribution in [2.24, 2.45) is 0 Å². The van der Waals surface area contributed by atoms with Gasteiger partial charge in [-0.25, -0.2) is 0 Å². The molecule has 0 saturated heterocycles. The fourth-order valence-electron chi connectivity index (χ4n) is 1.58. The first-order valence-electron chi connectivity index (χ1n) is 6.51. The molecular weight excluding hydrogens is 307 g/mol. The predicted molar refractivity (Wildman–Crippen MR) is 62.3 cm³/mol. The normalized spacial score (nSPS) is 14.9. The van der Waals surface area contributed by atoms with Crippen molar-refractivity contribution in [3.8, 4) is 0 Å². The second-order valence-electron chi connectivity index (χ2n) is 4.87. The third-order valence-electron chi connectivity index (χ3n) is 2.90. The molecule has 9 heteroatoms. The minimum Gasteiger partial charge on any atom is -0.348 e. The lowest BCUT2D eigenvalue weighted by atomic mass is 10.1. The maximum Gasteiger partial charge on any atom is 0.460 e. The van der Waals surface area contributed by atoms with Gasteiger partial charge in [0.15, 0.2) is 0 Å². The molecule has 0 bridgehead atoms. The first kappa shape index (κ1) is 20.0. The Labute approximate surface area is 118 Å². The van der Waals surface area contributed by atoms with Crippen molar-refractivity contribution in [1.29, 1.82) is 0 Å². The van der Waals surface area contributed by atoms with Crippen LogP contribution in [0.15, 0.2) is 0 Å². The third-order valence-corrected chi connectivity index (χ3v) is 2.90. The molecule has 0 radical (unpaired) electrons. The van der Waals surface area contributed by atoms with Gasteiger partial charge in [0.25, 0.3) is 5.91 Å². The lowest BCUT2D eigenvalue weighted by molar-refractivity contribution is -0.344. The highest BCUT2D eigenvalue weighted by atomic mass is 19.4. The molecule has 0 rings (SSSR count). The molecule has 126 valence electrons. The largest absolute Gasteiger partial charge is 0.460 e. The van der Waals surface area contributed by atoms with E-state index in [9.17, 15) is 35.5 Å². The Kier molecular flexibility index (Phi) is 6.95. The summed E-state index contributed by atoms with van der Waals surface area (Å²) in [6.07, 6.45) is -3.18. The summed E-state index contributed by atoms with van der Waals surface area (Å²) in [6.45, 7) is 3.20. The molecule has 0 aromatic heterocycles. The van der Waals surface area contributed by atoms with Crippen LogP contribution in [-0.4, -0.2) is 30.0 Å². The summed E-state index contributed by atoms with van der Waals surface area (Å²) >= 11 is 0. The molecule has 0 heterocycles. The summed E-state index contributed by atoms with van der Waals surface area (Å²) in [4.78, 5) is 11.0. The summed E-state index contributed by atoms with van der Waals surface area (Å²) in [5.41, 5.74) is 0. The fraction of sp³-hybridized carbons (Fsp3) is 0.917. The van der Waals surface area contributed by atoms with E-state index in [2.05, 4.69) is 0 Å². The fourth-order valence-corrected chi connectivity index (χ4v) is 1.58. The van der Waals surface area contributed by atoms with Gasteiger partial charge >= 0.3 is 18.0 Å². The van der Waals surface area contributed by atoms with Crippen LogP contribution in [0.5, 0.6) is 0 Å². The van der Waals surface area contributed by atoms with Crippen molar-refractivity contribution in [2.75, 3.05) is 0 Å². The van der Waals surface area contributed by atoms with E-state index >= 15 is 0 Å². The van der Waals surface area contributed by atoms with Crippen molar-refractivity contribution in [1.82, 2.24) is 5.32 Å². The van der Waals surface area contributed by atoms with Crippen LogP contribution < -0.4 is 5.32 Å². The van der Waals surface area contributed by atoms with E-state index in [1.54, 1.807) is 0 Å². The van der Waals surface area contributed by atoms with Gasteiger partial charge in [0.2, 0.25) is 0 Å². The van der Waals surface area contributed by atoms with Crippen LogP contribution in [-0.2, 0) is 4.79 Å². The molecule has 0 aromatic carbocycles. The smallest absolute Gasteiger partial charge is 0.348 e. The zero-order chi connectivity index (χ0) is 16.9. The van der Waals surface area contributed by atoms with E-state index < -0.39 is 30.0 Å². The molecule has 0 aromatic rings. The van der Waals surface area contributed by atoms with Crippen molar-refractivity contribution in [2.45, 2.75) is 70.0 Å². The molecule has 21 heavy (non-hydrogen) atoms. The standard InChI is InChI=1S/C12H18F7NO/c1-3-4-5-6-7-8(2)20-9(21)10(13,14)11(15,16)12(17,18)19/h8H,3-7H2,1-2H3,(H,20,21). The SMILES string of the molecule is CCCCCCC(C)NC(=O)C(F)(F)C(F)(F)C(F)(F)F. The highest BCUT2D eigenvalue weighted by molar-refractivity contribution is 5.85. The molecule has 1 atom stereocenters. The molecule has 0 aliphatic carbocycles. The lowest BCUT2D eigenvalue weighted by Gasteiger charge is -2.28. The van der Waals surface area contributed by atoms with E-state index in [1.165, 1.54) is 12.2 Å². The van der Waals surface area contributed by atoms with Gasteiger partial charge in [-0.1, -0.05) is 32.6 Å². The van der Waals surface area contributed by atoms with Crippen molar-refractivity contribution in [3.63, 3.8) is 0 Å². The zero-order valence-electron chi connectivity index (χ0n) is 11.7. The van der Waals surface area contributed by atoms with Crippen molar-refractivity contribution >= 4 is 5.91 Å². The average Bonchev–Trinajstić information content (AvgIpc) is 2.32.